The van der Waals surface area contributed by atoms with E-state index in [0.29, 0.717) is 12.8 Å². The van der Waals surface area contributed by atoms with E-state index in [9.17, 15) is 19.5 Å². The van der Waals surface area contributed by atoms with Crippen molar-refractivity contribution in [1.82, 2.24) is 9.80 Å². The molecule has 1 aromatic carbocycles. The summed E-state index contributed by atoms with van der Waals surface area (Å²) in [6, 6.07) is 3.97. The molecule has 0 unspecified atom stereocenters. The Morgan fingerprint density at radius 3 is 1.59 bits per heavy atom. The van der Waals surface area contributed by atoms with Gasteiger partial charge in [-0.1, -0.05) is 0 Å². The Hall–Kier alpha value is -2.85. The number of benzene rings is 1. The molecule has 0 aromatic heterocycles. The molecule has 1 aromatic rings. The van der Waals surface area contributed by atoms with Gasteiger partial charge in [0.05, 0.1) is 18.8 Å². The lowest BCUT2D eigenvalue weighted by atomic mass is 10.1. The molecule has 0 spiro atoms. The number of carbonyl (C=O) groups is 3. The largest absolute Gasteiger partial charge is 0.478 e. The molecule has 29 heavy (non-hydrogen) atoms. The standard InChI is InChI=1S/C19H30N4O6/c1-22(2)7-5-9-28-18(26)20-15-11-14(17(24)25)12-16(13-15)21-19(27)29-10-6-8-23(3)4/h11-13H,5-10H2,1-4H3,(H,20,26)(H,21,27)(H,24,25). The number of anilines is 2. The highest BCUT2D eigenvalue weighted by Gasteiger charge is 2.12. The van der Waals surface area contributed by atoms with E-state index in [2.05, 4.69) is 10.6 Å². The first-order chi connectivity index (χ1) is 13.7. The van der Waals surface area contributed by atoms with Crippen molar-refractivity contribution in [2.75, 3.05) is 65.1 Å². The molecule has 1 rings (SSSR count). The first kappa shape index (κ1) is 24.2. The van der Waals surface area contributed by atoms with Gasteiger partial charge in [-0.25, -0.2) is 14.4 Å². The number of nitrogens with one attached hydrogen (secondary N) is 2. The Bertz CT molecular complexity index is 645. The maximum absolute atomic E-state index is 11.9. The van der Waals surface area contributed by atoms with Crippen molar-refractivity contribution in [3.05, 3.63) is 23.8 Å². The molecule has 0 saturated heterocycles. The minimum atomic E-state index is -1.20. The number of carboxylic acid groups (broad SMARTS) is 1. The number of aromatic carboxylic acids is 1. The third-order valence-electron chi connectivity index (χ3n) is 3.64. The van der Waals surface area contributed by atoms with Crippen LogP contribution in [0.5, 0.6) is 0 Å². The van der Waals surface area contributed by atoms with Gasteiger partial charge in [0.25, 0.3) is 0 Å². The zero-order valence-corrected chi connectivity index (χ0v) is 17.4. The molecule has 0 fully saturated rings. The molecular formula is C19H30N4O6. The Balaban J connectivity index is 2.65. The molecule has 10 heteroatoms. The molecular weight excluding hydrogens is 380 g/mol. The molecule has 2 amide bonds. The van der Waals surface area contributed by atoms with Crippen LogP contribution in [0.1, 0.15) is 23.2 Å². The van der Waals surface area contributed by atoms with Crippen molar-refractivity contribution in [3.8, 4) is 0 Å². The Kier molecular flexibility index (Phi) is 10.5. The summed E-state index contributed by atoms with van der Waals surface area (Å²) in [5, 5.41) is 14.2. The SMILES string of the molecule is CN(C)CCCOC(=O)Nc1cc(NC(=O)OCCCN(C)C)cc(C(=O)O)c1. The van der Waals surface area contributed by atoms with E-state index < -0.39 is 18.2 Å². The predicted molar refractivity (Wildman–Crippen MR) is 110 cm³/mol. The highest BCUT2D eigenvalue weighted by atomic mass is 16.6. The van der Waals surface area contributed by atoms with Crippen LogP contribution < -0.4 is 10.6 Å². The quantitative estimate of drug-likeness (QED) is 0.476. The molecule has 0 saturated carbocycles. The van der Waals surface area contributed by atoms with Crippen molar-refractivity contribution in [2.45, 2.75) is 12.8 Å². The van der Waals surface area contributed by atoms with Crippen LogP contribution in [0.4, 0.5) is 21.0 Å². The second-order valence-corrected chi connectivity index (χ2v) is 6.94. The topological polar surface area (TPSA) is 120 Å². The van der Waals surface area contributed by atoms with Crippen molar-refractivity contribution >= 4 is 29.5 Å². The summed E-state index contributed by atoms with van der Waals surface area (Å²) < 4.78 is 10.1. The van der Waals surface area contributed by atoms with Gasteiger partial charge in [0.15, 0.2) is 0 Å². The average molecular weight is 410 g/mol. The summed E-state index contributed by atoms with van der Waals surface area (Å²) >= 11 is 0. The molecule has 0 aliphatic rings. The molecule has 10 nitrogen and oxygen atoms in total. The maximum atomic E-state index is 11.9. The van der Waals surface area contributed by atoms with Gasteiger partial charge in [0.1, 0.15) is 0 Å². The van der Waals surface area contributed by atoms with Crippen LogP contribution >= 0.6 is 0 Å². The number of nitrogens with zero attached hydrogens (tertiary/aromatic N) is 2. The maximum Gasteiger partial charge on any atom is 0.411 e. The number of hydrogen-bond donors (Lipinski definition) is 3. The molecule has 3 N–H and O–H groups in total. The molecule has 0 heterocycles. The second-order valence-electron chi connectivity index (χ2n) is 6.94. The summed E-state index contributed by atoms with van der Waals surface area (Å²) in [5.74, 6) is -1.20. The molecule has 0 aliphatic carbocycles. The zero-order chi connectivity index (χ0) is 21.8. The molecule has 0 aliphatic heterocycles. The summed E-state index contributed by atoms with van der Waals surface area (Å²) in [6.45, 7) is 2.00. The normalized spacial score (nSPS) is 10.7. The van der Waals surface area contributed by atoms with E-state index in [-0.39, 0.29) is 30.2 Å². The van der Waals surface area contributed by atoms with E-state index in [1.807, 2.05) is 38.0 Å². The first-order valence-electron chi connectivity index (χ1n) is 9.22. The van der Waals surface area contributed by atoms with Gasteiger partial charge < -0.3 is 24.4 Å². The minimum absolute atomic E-state index is 0.0988. The van der Waals surface area contributed by atoms with Crippen LogP contribution in [-0.4, -0.2) is 87.6 Å². The molecule has 0 bridgehead atoms. The highest BCUT2D eigenvalue weighted by Crippen LogP contribution is 2.20. The van der Waals surface area contributed by atoms with Gasteiger partial charge in [-0.3, -0.25) is 10.6 Å². The van der Waals surface area contributed by atoms with Crippen LogP contribution in [0.3, 0.4) is 0 Å². The minimum Gasteiger partial charge on any atom is -0.478 e. The Morgan fingerprint density at radius 1 is 0.828 bits per heavy atom. The summed E-state index contributed by atoms with van der Waals surface area (Å²) in [6.07, 6.45) is -0.0728. The van der Waals surface area contributed by atoms with Crippen molar-refractivity contribution in [3.63, 3.8) is 0 Å². The third kappa shape index (κ3) is 10.9. The number of amides is 2. The van der Waals surface area contributed by atoms with Crippen molar-refractivity contribution < 1.29 is 29.0 Å². The Labute approximate surface area is 170 Å². The summed E-state index contributed by atoms with van der Waals surface area (Å²) in [5.41, 5.74) is 0.272. The van der Waals surface area contributed by atoms with E-state index in [1.54, 1.807) is 0 Å². The van der Waals surface area contributed by atoms with Crippen molar-refractivity contribution in [1.29, 1.82) is 0 Å². The first-order valence-corrected chi connectivity index (χ1v) is 9.22. The molecule has 162 valence electrons. The number of rotatable bonds is 11. The number of ether oxygens (including phenoxy) is 2. The fraction of sp³-hybridized carbons (Fsp3) is 0.526. The molecule has 0 radical (unpaired) electrons. The van der Waals surface area contributed by atoms with Gasteiger partial charge in [-0.15, -0.1) is 0 Å². The van der Waals surface area contributed by atoms with E-state index in [1.165, 1.54) is 18.2 Å². The lowest BCUT2D eigenvalue weighted by Crippen LogP contribution is -2.20. The monoisotopic (exact) mass is 410 g/mol. The second kappa shape index (κ2) is 12.6. The Morgan fingerprint density at radius 2 is 1.24 bits per heavy atom. The highest BCUT2D eigenvalue weighted by molar-refractivity contribution is 5.95. The van der Waals surface area contributed by atoms with Gasteiger partial charge in [-0.05, 0) is 59.2 Å². The number of carboxylic acids is 1. The lowest BCUT2D eigenvalue weighted by molar-refractivity contribution is 0.0696. The zero-order valence-electron chi connectivity index (χ0n) is 17.4. The molecule has 0 atom stereocenters. The van der Waals surface area contributed by atoms with Gasteiger partial charge in [0.2, 0.25) is 0 Å². The summed E-state index contributed by atoms with van der Waals surface area (Å²) in [7, 11) is 7.66. The van der Waals surface area contributed by atoms with E-state index >= 15 is 0 Å². The predicted octanol–water partition coefficient (Wildman–Crippen LogP) is 2.39. The fourth-order valence-electron chi connectivity index (χ4n) is 2.29. The number of carbonyl (C=O) groups excluding carboxylic acids is 2. The van der Waals surface area contributed by atoms with Gasteiger partial charge in [-0.2, -0.15) is 0 Å². The third-order valence-corrected chi connectivity index (χ3v) is 3.64. The van der Waals surface area contributed by atoms with Crippen LogP contribution in [0.25, 0.3) is 0 Å². The van der Waals surface area contributed by atoms with Gasteiger partial charge in [0, 0.05) is 24.5 Å². The van der Waals surface area contributed by atoms with Crippen LogP contribution in [0.2, 0.25) is 0 Å². The van der Waals surface area contributed by atoms with Crippen LogP contribution in [0.15, 0.2) is 18.2 Å². The average Bonchev–Trinajstić information content (AvgIpc) is 2.62. The van der Waals surface area contributed by atoms with Crippen LogP contribution in [0, 0.1) is 0 Å². The number of hydrogen-bond acceptors (Lipinski definition) is 7. The van der Waals surface area contributed by atoms with Crippen LogP contribution in [-0.2, 0) is 9.47 Å². The van der Waals surface area contributed by atoms with Crippen molar-refractivity contribution in [2.24, 2.45) is 0 Å². The van der Waals surface area contributed by atoms with E-state index in [0.717, 1.165) is 13.1 Å². The summed E-state index contributed by atoms with van der Waals surface area (Å²) in [4.78, 5) is 39.0. The van der Waals surface area contributed by atoms with E-state index in [4.69, 9.17) is 9.47 Å². The fourth-order valence-corrected chi connectivity index (χ4v) is 2.29. The smallest absolute Gasteiger partial charge is 0.411 e. The van der Waals surface area contributed by atoms with Gasteiger partial charge >= 0.3 is 18.2 Å². The lowest BCUT2D eigenvalue weighted by Gasteiger charge is -2.13.